The number of hydrogen-bond acceptors (Lipinski definition) is 2. The fraction of sp³-hybridized carbons (Fsp3) is 0.0263. The summed E-state index contributed by atoms with van der Waals surface area (Å²) < 4.78 is 4.74. The summed E-state index contributed by atoms with van der Waals surface area (Å²) in [5.74, 6) is 0. The number of rotatable bonds is 5. The van der Waals surface area contributed by atoms with Crippen LogP contribution in [0.2, 0.25) is 0 Å². The summed E-state index contributed by atoms with van der Waals surface area (Å²) in [6.07, 6.45) is 1.41. The highest BCUT2D eigenvalue weighted by Gasteiger charge is 2.18. The van der Waals surface area contributed by atoms with Gasteiger partial charge in [0.15, 0.2) is 0 Å². The number of nitrogens with zero attached hydrogens (tertiary/aromatic N) is 3. The van der Waals surface area contributed by atoms with Gasteiger partial charge in [0.1, 0.15) is 6.17 Å². The van der Waals surface area contributed by atoms with Crippen LogP contribution in [0.25, 0.3) is 55.0 Å². The van der Waals surface area contributed by atoms with Gasteiger partial charge in [-0.05, 0) is 59.7 Å². The third-order valence-electron chi connectivity index (χ3n) is 8.16. The Morgan fingerprint density at radius 1 is 0.476 bits per heavy atom. The molecular formula is C38H28N4. The largest absolute Gasteiger partial charge is 0.309 e. The molecule has 2 heterocycles. The van der Waals surface area contributed by atoms with Gasteiger partial charge in [0.05, 0.1) is 22.1 Å². The van der Waals surface area contributed by atoms with Crippen molar-refractivity contribution in [1.82, 2.24) is 9.13 Å². The predicted molar refractivity (Wildman–Crippen MR) is 176 cm³/mol. The molecule has 42 heavy (non-hydrogen) atoms. The van der Waals surface area contributed by atoms with Crippen molar-refractivity contribution in [2.45, 2.75) is 6.17 Å². The van der Waals surface area contributed by atoms with Crippen LogP contribution in [-0.4, -0.2) is 15.3 Å². The van der Waals surface area contributed by atoms with Gasteiger partial charge in [-0.2, -0.15) is 0 Å². The molecule has 0 saturated carbocycles. The number of hydrogen-bond donors (Lipinski definition) is 1. The quantitative estimate of drug-likeness (QED) is 0.218. The Morgan fingerprint density at radius 3 is 1.52 bits per heavy atom. The minimum Gasteiger partial charge on any atom is -0.309 e. The van der Waals surface area contributed by atoms with Crippen LogP contribution >= 0.6 is 0 Å². The Bertz CT molecular complexity index is 2240. The number of fused-ring (bicyclic) bond motifs is 6. The monoisotopic (exact) mass is 540 g/mol. The van der Waals surface area contributed by atoms with Gasteiger partial charge in [-0.25, -0.2) is 0 Å². The molecule has 2 N–H and O–H groups in total. The predicted octanol–water partition coefficient (Wildman–Crippen LogP) is 8.96. The van der Waals surface area contributed by atoms with Crippen LogP contribution in [0.3, 0.4) is 0 Å². The summed E-state index contributed by atoms with van der Waals surface area (Å²) in [4.78, 5) is 4.59. The van der Waals surface area contributed by atoms with E-state index in [1.165, 1.54) is 43.6 Å². The molecule has 0 aliphatic heterocycles. The lowest BCUT2D eigenvalue weighted by Gasteiger charge is -2.11. The van der Waals surface area contributed by atoms with E-state index in [0.717, 1.165) is 22.5 Å². The van der Waals surface area contributed by atoms with Crippen LogP contribution in [-0.2, 0) is 0 Å². The molecule has 0 spiro atoms. The van der Waals surface area contributed by atoms with Crippen molar-refractivity contribution in [3.63, 3.8) is 0 Å². The molecule has 0 aliphatic carbocycles. The Morgan fingerprint density at radius 2 is 0.952 bits per heavy atom. The van der Waals surface area contributed by atoms with E-state index in [1.54, 1.807) is 0 Å². The zero-order chi connectivity index (χ0) is 28.0. The van der Waals surface area contributed by atoms with Crippen molar-refractivity contribution < 1.29 is 0 Å². The molecule has 4 heteroatoms. The molecule has 8 rings (SSSR count). The van der Waals surface area contributed by atoms with E-state index in [-0.39, 0.29) is 0 Å². The molecular weight excluding hydrogens is 512 g/mol. The van der Waals surface area contributed by atoms with E-state index in [9.17, 15) is 0 Å². The molecule has 200 valence electrons. The Kier molecular flexibility index (Phi) is 5.73. The van der Waals surface area contributed by atoms with E-state index in [0.29, 0.717) is 0 Å². The first-order valence-corrected chi connectivity index (χ1v) is 14.2. The molecule has 0 bridgehead atoms. The molecule has 0 amide bonds. The molecule has 0 saturated heterocycles. The van der Waals surface area contributed by atoms with E-state index in [4.69, 9.17) is 5.73 Å². The number of para-hydroxylation sites is 3. The maximum absolute atomic E-state index is 6.45. The van der Waals surface area contributed by atoms with Crippen molar-refractivity contribution in [2.75, 3.05) is 0 Å². The summed E-state index contributed by atoms with van der Waals surface area (Å²) in [6, 6.07) is 51.2. The lowest BCUT2D eigenvalue weighted by molar-refractivity contribution is 0.780. The van der Waals surface area contributed by atoms with Crippen molar-refractivity contribution in [3.8, 4) is 11.4 Å². The van der Waals surface area contributed by atoms with Crippen molar-refractivity contribution in [2.24, 2.45) is 10.7 Å². The van der Waals surface area contributed by atoms with Gasteiger partial charge in [-0.3, -0.25) is 4.99 Å². The first kappa shape index (κ1) is 24.4. The fourth-order valence-corrected chi connectivity index (χ4v) is 6.18. The third kappa shape index (κ3) is 3.92. The molecule has 0 radical (unpaired) electrons. The Balaban J connectivity index is 1.31. The summed E-state index contributed by atoms with van der Waals surface area (Å²) in [7, 11) is 0. The minimum absolute atomic E-state index is 0.429. The van der Waals surface area contributed by atoms with Gasteiger partial charge in [-0.15, -0.1) is 0 Å². The first-order chi connectivity index (χ1) is 20.8. The second-order valence-corrected chi connectivity index (χ2v) is 10.7. The maximum Gasteiger partial charge on any atom is 0.123 e. The molecule has 0 aliphatic rings. The standard InChI is InChI=1S/C38H28N4/c39-38(40-25-26-11-3-1-4-12-26)27-19-21-29(22-20-27)42-35-18-10-8-16-31(35)33-23-36-32(24-37(33)42)30-15-7-9-17-34(30)41(36)28-13-5-2-6-14-28/h1-25,38H,39H2/b40-25+. The lowest BCUT2D eigenvalue weighted by atomic mass is 10.1. The zero-order valence-electron chi connectivity index (χ0n) is 22.9. The van der Waals surface area contributed by atoms with Gasteiger partial charge in [0.2, 0.25) is 0 Å². The highest BCUT2D eigenvalue weighted by Crippen LogP contribution is 2.39. The van der Waals surface area contributed by atoms with Gasteiger partial charge in [0, 0.05) is 39.1 Å². The molecule has 6 aromatic carbocycles. The van der Waals surface area contributed by atoms with Crippen LogP contribution < -0.4 is 5.73 Å². The van der Waals surface area contributed by atoms with E-state index in [2.05, 4.69) is 129 Å². The van der Waals surface area contributed by atoms with Crippen molar-refractivity contribution in [1.29, 1.82) is 0 Å². The third-order valence-corrected chi connectivity index (χ3v) is 8.16. The maximum atomic E-state index is 6.45. The highest BCUT2D eigenvalue weighted by molar-refractivity contribution is 6.19. The number of aromatic nitrogens is 2. The van der Waals surface area contributed by atoms with Gasteiger partial charge in [0.25, 0.3) is 0 Å². The summed E-state index contributed by atoms with van der Waals surface area (Å²) >= 11 is 0. The summed E-state index contributed by atoms with van der Waals surface area (Å²) in [5, 5.41) is 4.94. The van der Waals surface area contributed by atoms with Gasteiger partial charge in [-0.1, -0.05) is 97.1 Å². The number of benzene rings is 6. The topological polar surface area (TPSA) is 48.2 Å². The number of nitrogens with two attached hydrogens (primary N) is 1. The van der Waals surface area contributed by atoms with Crippen LogP contribution in [0.5, 0.6) is 0 Å². The van der Waals surface area contributed by atoms with E-state index in [1.807, 2.05) is 36.5 Å². The van der Waals surface area contributed by atoms with Crippen LogP contribution in [0.4, 0.5) is 0 Å². The number of aliphatic imine (C=N–C) groups is 1. The van der Waals surface area contributed by atoms with Crippen LogP contribution in [0.1, 0.15) is 17.3 Å². The molecule has 4 nitrogen and oxygen atoms in total. The fourth-order valence-electron chi connectivity index (χ4n) is 6.18. The summed E-state index contributed by atoms with van der Waals surface area (Å²) in [5.41, 5.74) is 15.5. The van der Waals surface area contributed by atoms with Gasteiger partial charge < -0.3 is 14.9 Å². The minimum atomic E-state index is -0.429. The van der Waals surface area contributed by atoms with Crippen molar-refractivity contribution >= 4 is 49.8 Å². The highest BCUT2D eigenvalue weighted by atomic mass is 15.0. The van der Waals surface area contributed by atoms with E-state index < -0.39 is 6.17 Å². The molecule has 1 unspecified atom stereocenters. The molecule has 2 aromatic heterocycles. The first-order valence-electron chi connectivity index (χ1n) is 14.2. The van der Waals surface area contributed by atoms with Crippen molar-refractivity contribution in [3.05, 3.63) is 157 Å². The molecule has 0 fully saturated rings. The second-order valence-electron chi connectivity index (χ2n) is 10.7. The van der Waals surface area contributed by atoms with Crippen LogP contribution in [0.15, 0.2) is 151 Å². The Hall–Kier alpha value is -5.45. The lowest BCUT2D eigenvalue weighted by Crippen LogP contribution is -2.08. The SMILES string of the molecule is NC(/N=C/c1ccccc1)c1ccc(-n2c3ccccc3c3cc4c(cc32)c2ccccc2n4-c2ccccc2)cc1. The summed E-state index contributed by atoms with van der Waals surface area (Å²) in [6.45, 7) is 0. The molecule has 1 atom stereocenters. The smallest absolute Gasteiger partial charge is 0.123 e. The van der Waals surface area contributed by atoms with Gasteiger partial charge >= 0.3 is 0 Å². The molecule has 8 aromatic rings. The zero-order valence-corrected chi connectivity index (χ0v) is 22.9. The Labute approximate surface area is 243 Å². The second kappa shape index (κ2) is 9.88. The normalized spacial score (nSPS) is 12.7. The van der Waals surface area contributed by atoms with Crippen LogP contribution in [0, 0.1) is 0 Å². The average molecular weight is 541 g/mol. The average Bonchev–Trinajstić information content (AvgIpc) is 3.55. The van der Waals surface area contributed by atoms with E-state index >= 15 is 0 Å².